The number of para-hydroxylation sites is 1. The molecule has 0 spiro atoms. The van der Waals surface area contributed by atoms with Crippen molar-refractivity contribution in [3.63, 3.8) is 0 Å². The summed E-state index contributed by atoms with van der Waals surface area (Å²) in [6.45, 7) is 9.69. The molecule has 1 amide bonds. The number of benzene rings is 1. The van der Waals surface area contributed by atoms with Crippen LogP contribution in [0.25, 0.3) is 0 Å². The Bertz CT molecular complexity index is 440. The van der Waals surface area contributed by atoms with Crippen molar-refractivity contribution in [2.75, 3.05) is 19.4 Å². The van der Waals surface area contributed by atoms with Crippen LogP contribution in [0.5, 0.6) is 5.75 Å². The van der Waals surface area contributed by atoms with E-state index in [4.69, 9.17) is 4.74 Å². The monoisotopic (exact) mass is 295 g/mol. The van der Waals surface area contributed by atoms with Gasteiger partial charge in [-0.25, -0.2) is 0 Å². The molecule has 1 rings (SSSR count). The minimum Gasteiger partial charge on any atom is -0.493 e. The summed E-state index contributed by atoms with van der Waals surface area (Å²) in [4.78, 5) is 12.3. The van der Waals surface area contributed by atoms with E-state index in [0.29, 0.717) is 29.7 Å². The van der Waals surface area contributed by atoms with Crippen LogP contribution in [0.15, 0.2) is 24.3 Å². The minimum absolute atomic E-state index is 0.0719. The molecule has 0 radical (unpaired) electrons. The fraction of sp³-hybridized carbons (Fsp3) is 0.562. The predicted molar refractivity (Wildman–Crippen MR) is 86.7 cm³/mol. The Balaban J connectivity index is 2.72. The van der Waals surface area contributed by atoms with Crippen molar-refractivity contribution in [2.24, 2.45) is 5.41 Å². The van der Waals surface area contributed by atoms with Gasteiger partial charge in [-0.15, -0.1) is 0 Å². The molecule has 0 aliphatic rings. The molecule has 4 heteroatoms. The van der Waals surface area contributed by atoms with Crippen LogP contribution in [-0.4, -0.2) is 30.6 Å². The van der Waals surface area contributed by atoms with E-state index in [-0.39, 0.29) is 11.3 Å². The predicted octanol–water partition coefficient (Wildman–Crippen LogP) is 3.59. The Hall–Kier alpha value is -1.16. The van der Waals surface area contributed by atoms with Crippen molar-refractivity contribution in [1.82, 2.24) is 5.32 Å². The highest BCUT2D eigenvalue weighted by Gasteiger charge is 2.24. The summed E-state index contributed by atoms with van der Waals surface area (Å²) in [5.41, 5.74) is 0.759. The molecular weight excluding hydrogens is 270 g/mol. The topological polar surface area (TPSA) is 38.3 Å². The molecule has 3 nitrogen and oxygen atoms in total. The van der Waals surface area contributed by atoms with Crippen molar-refractivity contribution in [2.45, 2.75) is 32.9 Å². The molecule has 112 valence electrons. The summed E-state index contributed by atoms with van der Waals surface area (Å²) in [7, 11) is 0. The number of ether oxygens (including phenoxy) is 1. The zero-order valence-electron chi connectivity index (χ0n) is 13.0. The molecule has 0 fully saturated rings. The number of carbonyl (C=O) groups is 1. The van der Waals surface area contributed by atoms with Gasteiger partial charge >= 0.3 is 0 Å². The Morgan fingerprint density at radius 1 is 1.35 bits per heavy atom. The second kappa shape index (κ2) is 7.58. The first-order valence-corrected chi connectivity index (χ1v) is 8.21. The van der Waals surface area contributed by atoms with Crippen molar-refractivity contribution < 1.29 is 9.53 Å². The lowest BCUT2D eigenvalue weighted by Crippen LogP contribution is -2.37. The Morgan fingerprint density at radius 3 is 2.55 bits per heavy atom. The van der Waals surface area contributed by atoms with Gasteiger partial charge in [0.05, 0.1) is 12.2 Å². The molecule has 1 aromatic rings. The number of rotatable bonds is 6. The fourth-order valence-electron chi connectivity index (χ4n) is 1.96. The SMILES string of the molecule is CCOc1ccccc1C(=O)NC[C@H](SC)C(C)(C)C. The third-order valence-electron chi connectivity index (χ3n) is 3.13. The molecular formula is C16H25NO2S. The number of hydrogen-bond donors (Lipinski definition) is 1. The minimum atomic E-state index is -0.0719. The molecule has 1 aromatic carbocycles. The molecule has 0 bridgehead atoms. The lowest BCUT2D eigenvalue weighted by atomic mass is 9.91. The average molecular weight is 295 g/mol. The number of thioether (sulfide) groups is 1. The van der Waals surface area contributed by atoms with Crippen LogP contribution >= 0.6 is 11.8 Å². The summed E-state index contributed by atoms with van der Waals surface area (Å²) in [6.07, 6.45) is 2.08. The number of nitrogens with one attached hydrogen (secondary N) is 1. The molecule has 20 heavy (non-hydrogen) atoms. The largest absolute Gasteiger partial charge is 0.493 e. The van der Waals surface area contributed by atoms with Crippen LogP contribution in [0, 0.1) is 5.41 Å². The van der Waals surface area contributed by atoms with Gasteiger partial charge in [0.25, 0.3) is 5.91 Å². The highest BCUT2D eigenvalue weighted by atomic mass is 32.2. The van der Waals surface area contributed by atoms with Crippen LogP contribution < -0.4 is 10.1 Å². The van der Waals surface area contributed by atoms with E-state index < -0.39 is 0 Å². The lowest BCUT2D eigenvalue weighted by molar-refractivity contribution is 0.0947. The third kappa shape index (κ3) is 4.75. The highest BCUT2D eigenvalue weighted by molar-refractivity contribution is 7.99. The normalized spacial score (nSPS) is 12.8. The molecule has 0 saturated heterocycles. The Labute approximate surface area is 126 Å². The Kier molecular flexibility index (Phi) is 6.40. The number of hydrogen-bond acceptors (Lipinski definition) is 3. The van der Waals surface area contributed by atoms with Gasteiger partial charge < -0.3 is 10.1 Å². The van der Waals surface area contributed by atoms with Crippen LogP contribution in [0.4, 0.5) is 0 Å². The van der Waals surface area contributed by atoms with Crippen molar-refractivity contribution in [3.8, 4) is 5.75 Å². The Morgan fingerprint density at radius 2 is 2.00 bits per heavy atom. The summed E-state index contributed by atoms with van der Waals surface area (Å²) in [6, 6.07) is 7.36. The summed E-state index contributed by atoms with van der Waals surface area (Å²) >= 11 is 1.78. The standard InChI is InChI=1S/C16H25NO2S/c1-6-19-13-10-8-7-9-12(13)15(18)17-11-14(20-5)16(2,3)4/h7-10,14H,6,11H2,1-5H3,(H,17,18)/t14-/m0/s1. The van der Waals surface area contributed by atoms with Crippen molar-refractivity contribution in [3.05, 3.63) is 29.8 Å². The van der Waals surface area contributed by atoms with E-state index in [2.05, 4.69) is 32.3 Å². The van der Waals surface area contributed by atoms with E-state index in [9.17, 15) is 4.79 Å². The molecule has 0 saturated carbocycles. The average Bonchev–Trinajstić information content (AvgIpc) is 2.38. The maximum absolute atomic E-state index is 12.3. The maximum Gasteiger partial charge on any atom is 0.255 e. The van der Waals surface area contributed by atoms with Gasteiger partial charge in [0, 0.05) is 11.8 Å². The molecule has 1 N–H and O–H groups in total. The third-order valence-corrected chi connectivity index (χ3v) is 4.57. The van der Waals surface area contributed by atoms with Gasteiger partial charge in [-0.2, -0.15) is 11.8 Å². The first kappa shape index (κ1) is 16.9. The zero-order chi connectivity index (χ0) is 15.2. The van der Waals surface area contributed by atoms with E-state index in [1.54, 1.807) is 17.8 Å². The van der Waals surface area contributed by atoms with Gasteiger partial charge in [0.1, 0.15) is 5.75 Å². The second-order valence-electron chi connectivity index (χ2n) is 5.73. The molecule has 1 atom stereocenters. The van der Waals surface area contributed by atoms with E-state index >= 15 is 0 Å². The molecule has 0 aromatic heterocycles. The van der Waals surface area contributed by atoms with E-state index in [1.165, 1.54) is 0 Å². The first-order chi connectivity index (χ1) is 9.40. The van der Waals surface area contributed by atoms with Crippen molar-refractivity contribution >= 4 is 17.7 Å². The summed E-state index contributed by atoms with van der Waals surface area (Å²) < 4.78 is 5.49. The van der Waals surface area contributed by atoms with Gasteiger partial charge in [-0.3, -0.25) is 4.79 Å². The first-order valence-electron chi connectivity index (χ1n) is 6.93. The van der Waals surface area contributed by atoms with Crippen molar-refractivity contribution in [1.29, 1.82) is 0 Å². The summed E-state index contributed by atoms with van der Waals surface area (Å²) in [5, 5.41) is 3.40. The van der Waals surface area contributed by atoms with Crippen LogP contribution in [0.2, 0.25) is 0 Å². The quantitative estimate of drug-likeness (QED) is 0.871. The van der Waals surface area contributed by atoms with Crippen LogP contribution in [-0.2, 0) is 0 Å². The van der Waals surface area contributed by atoms with Crippen LogP contribution in [0.3, 0.4) is 0 Å². The van der Waals surface area contributed by atoms with Gasteiger partial charge in [0.15, 0.2) is 0 Å². The molecule has 0 unspecified atom stereocenters. The zero-order valence-corrected chi connectivity index (χ0v) is 13.8. The lowest BCUT2D eigenvalue weighted by Gasteiger charge is -2.29. The fourth-order valence-corrected chi connectivity index (χ4v) is 2.92. The van der Waals surface area contributed by atoms with E-state index in [0.717, 1.165) is 0 Å². The molecule has 0 aliphatic carbocycles. The molecule has 0 heterocycles. The maximum atomic E-state index is 12.3. The summed E-state index contributed by atoms with van der Waals surface area (Å²) in [5.74, 6) is 0.571. The van der Waals surface area contributed by atoms with Gasteiger partial charge in [-0.05, 0) is 30.7 Å². The number of amides is 1. The van der Waals surface area contributed by atoms with Gasteiger partial charge in [0.2, 0.25) is 0 Å². The van der Waals surface area contributed by atoms with Gasteiger partial charge in [-0.1, -0.05) is 32.9 Å². The molecule has 0 aliphatic heterocycles. The number of carbonyl (C=O) groups excluding carboxylic acids is 1. The highest BCUT2D eigenvalue weighted by Crippen LogP contribution is 2.28. The second-order valence-corrected chi connectivity index (χ2v) is 6.77. The van der Waals surface area contributed by atoms with E-state index in [1.807, 2.05) is 25.1 Å². The van der Waals surface area contributed by atoms with Crippen LogP contribution in [0.1, 0.15) is 38.1 Å². The smallest absolute Gasteiger partial charge is 0.255 e.